The molecule has 0 aliphatic heterocycles. The Balaban J connectivity index is 2.12. The monoisotopic (exact) mass is 251 g/mol. The lowest BCUT2D eigenvalue weighted by Gasteiger charge is -2.13. The van der Waals surface area contributed by atoms with E-state index in [0.29, 0.717) is 5.56 Å². The summed E-state index contributed by atoms with van der Waals surface area (Å²) in [5.74, 6) is -0.257. The Morgan fingerprint density at radius 3 is 2.78 bits per heavy atom. The van der Waals surface area contributed by atoms with Crippen molar-refractivity contribution in [1.82, 2.24) is 0 Å². The Morgan fingerprint density at radius 2 is 2.11 bits per heavy atom. The van der Waals surface area contributed by atoms with Crippen molar-refractivity contribution in [3.8, 4) is 5.75 Å². The highest BCUT2D eigenvalue weighted by molar-refractivity contribution is 5.51. The van der Waals surface area contributed by atoms with Crippen LogP contribution in [0.3, 0.4) is 0 Å². The molecule has 1 aromatic carbocycles. The molecule has 1 aromatic rings. The van der Waals surface area contributed by atoms with Crippen LogP contribution in [0.4, 0.5) is 4.39 Å². The second-order valence-electron chi connectivity index (χ2n) is 4.32. The van der Waals surface area contributed by atoms with E-state index >= 15 is 0 Å². The van der Waals surface area contributed by atoms with E-state index in [-0.39, 0.29) is 11.9 Å². The van der Waals surface area contributed by atoms with Crippen LogP contribution in [0.15, 0.2) is 24.4 Å². The van der Waals surface area contributed by atoms with Crippen molar-refractivity contribution in [2.75, 3.05) is 0 Å². The molecular weight excluding hydrogens is 237 g/mol. The van der Waals surface area contributed by atoms with E-state index < -0.39 is 10.7 Å². The summed E-state index contributed by atoms with van der Waals surface area (Å²) in [4.78, 5) is 9.66. The number of hydrogen-bond donors (Lipinski definition) is 0. The molecule has 0 amide bonds. The number of hydrogen-bond acceptors (Lipinski definition) is 3. The maximum Gasteiger partial charge on any atom is 0.235 e. The van der Waals surface area contributed by atoms with Crippen LogP contribution in [0.2, 0.25) is 0 Å². The highest BCUT2D eigenvalue weighted by atomic mass is 19.1. The summed E-state index contributed by atoms with van der Waals surface area (Å²) in [5, 5.41) is 10.2. The van der Waals surface area contributed by atoms with E-state index in [4.69, 9.17) is 4.74 Å². The summed E-state index contributed by atoms with van der Waals surface area (Å²) >= 11 is 0. The van der Waals surface area contributed by atoms with Crippen LogP contribution in [-0.2, 0) is 0 Å². The van der Waals surface area contributed by atoms with Crippen molar-refractivity contribution in [3.63, 3.8) is 0 Å². The predicted molar refractivity (Wildman–Crippen MR) is 65.3 cm³/mol. The van der Waals surface area contributed by atoms with Gasteiger partial charge in [-0.25, -0.2) is 4.39 Å². The zero-order valence-electron chi connectivity index (χ0n) is 9.84. The van der Waals surface area contributed by atoms with Crippen molar-refractivity contribution in [1.29, 1.82) is 0 Å². The third-order valence-corrected chi connectivity index (χ3v) is 2.94. The first-order valence-electron chi connectivity index (χ1n) is 5.93. The largest absolute Gasteiger partial charge is 0.487 e. The molecule has 0 unspecified atom stereocenters. The van der Waals surface area contributed by atoms with Crippen molar-refractivity contribution < 1.29 is 14.1 Å². The predicted octanol–water partition coefficient (Wildman–Crippen LogP) is 3.39. The minimum Gasteiger partial charge on any atom is -0.487 e. The molecule has 0 bridgehead atoms. The average molecular weight is 251 g/mol. The SMILES string of the molecule is O=[N+]([O-])C=Cc1ccc(F)c(OC2CCCC2)c1. The molecule has 0 N–H and O–H groups in total. The summed E-state index contributed by atoms with van der Waals surface area (Å²) in [6, 6.07) is 4.24. The van der Waals surface area contributed by atoms with Crippen LogP contribution in [0, 0.1) is 15.9 Å². The Bertz CT molecular complexity index is 467. The van der Waals surface area contributed by atoms with Gasteiger partial charge in [0.15, 0.2) is 11.6 Å². The number of nitro groups is 1. The standard InChI is InChI=1S/C13H14FNO3/c14-12-6-5-10(7-8-15(16)17)9-13(12)18-11-3-1-2-4-11/h5-9,11H,1-4H2. The quantitative estimate of drug-likeness (QED) is 0.608. The number of benzene rings is 1. The van der Waals surface area contributed by atoms with Crippen molar-refractivity contribution in [3.05, 3.63) is 45.9 Å². The molecule has 1 aliphatic carbocycles. The van der Waals surface area contributed by atoms with Crippen molar-refractivity contribution >= 4 is 6.08 Å². The molecule has 2 rings (SSSR count). The van der Waals surface area contributed by atoms with Crippen molar-refractivity contribution in [2.45, 2.75) is 31.8 Å². The van der Waals surface area contributed by atoms with Gasteiger partial charge in [0, 0.05) is 6.08 Å². The first-order valence-corrected chi connectivity index (χ1v) is 5.93. The third kappa shape index (κ3) is 3.29. The number of rotatable bonds is 4. The Kier molecular flexibility index (Phi) is 3.92. The van der Waals surface area contributed by atoms with Crippen LogP contribution in [0.5, 0.6) is 5.75 Å². The van der Waals surface area contributed by atoms with Gasteiger partial charge in [-0.2, -0.15) is 0 Å². The normalized spacial score (nSPS) is 16.3. The van der Waals surface area contributed by atoms with E-state index in [9.17, 15) is 14.5 Å². The summed E-state index contributed by atoms with van der Waals surface area (Å²) in [7, 11) is 0. The maximum atomic E-state index is 13.5. The fraction of sp³-hybridized carbons (Fsp3) is 0.385. The van der Waals surface area contributed by atoms with E-state index in [1.165, 1.54) is 24.3 Å². The molecule has 1 saturated carbocycles. The van der Waals surface area contributed by atoms with Crippen LogP contribution < -0.4 is 4.74 Å². The van der Waals surface area contributed by atoms with Crippen LogP contribution in [0.1, 0.15) is 31.2 Å². The van der Waals surface area contributed by atoms with E-state index in [1.807, 2.05) is 0 Å². The third-order valence-electron chi connectivity index (χ3n) is 2.94. The highest BCUT2D eigenvalue weighted by Crippen LogP contribution is 2.27. The van der Waals surface area contributed by atoms with Gasteiger partial charge in [0.1, 0.15) is 0 Å². The lowest BCUT2D eigenvalue weighted by molar-refractivity contribution is -0.400. The smallest absolute Gasteiger partial charge is 0.235 e. The van der Waals surface area contributed by atoms with E-state index in [0.717, 1.165) is 31.9 Å². The lowest BCUT2D eigenvalue weighted by Crippen LogP contribution is -2.11. The molecule has 0 radical (unpaired) electrons. The van der Waals surface area contributed by atoms with Gasteiger partial charge in [-0.15, -0.1) is 0 Å². The van der Waals surface area contributed by atoms with Gasteiger partial charge in [-0.3, -0.25) is 10.1 Å². The van der Waals surface area contributed by atoms with Gasteiger partial charge in [-0.05, 0) is 43.4 Å². The minimum atomic E-state index is -0.555. The summed E-state index contributed by atoms with van der Waals surface area (Å²) in [6.45, 7) is 0. The summed E-state index contributed by atoms with van der Waals surface area (Å²) < 4.78 is 19.1. The fourth-order valence-corrected chi connectivity index (χ4v) is 2.05. The number of nitrogens with zero attached hydrogens (tertiary/aromatic N) is 1. The first-order chi connectivity index (χ1) is 8.65. The van der Waals surface area contributed by atoms with Gasteiger partial charge in [0.25, 0.3) is 0 Å². The molecule has 96 valence electrons. The Labute approximate surface area is 104 Å². The fourth-order valence-electron chi connectivity index (χ4n) is 2.05. The lowest BCUT2D eigenvalue weighted by atomic mass is 10.2. The van der Waals surface area contributed by atoms with Crippen LogP contribution >= 0.6 is 0 Å². The average Bonchev–Trinajstić information content (AvgIpc) is 2.83. The van der Waals surface area contributed by atoms with Gasteiger partial charge in [0.05, 0.1) is 11.0 Å². The minimum absolute atomic E-state index is 0.0641. The zero-order valence-corrected chi connectivity index (χ0v) is 9.84. The Morgan fingerprint density at radius 1 is 1.39 bits per heavy atom. The molecule has 0 saturated heterocycles. The Hall–Kier alpha value is -1.91. The summed E-state index contributed by atoms with van der Waals surface area (Å²) in [6.07, 6.45) is 6.30. The summed E-state index contributed by atoms with van der Waals surface area (Å²) in [5.41, 5.74) is 0.557. The molecule has 0 atom stereocenters. The molecule has 4 nitrogen and oxygen atoms in total. The molecule has 0 aromatic heterocycles. The zero-order chi connectivity index (χ0) is 13.0. The molecular formula is C13H14FNO3. The molecule has 1 aliphatic rings. The van der Waals surface area contributed by atoms with Crippen LogP contribution in [0.25, 0.3) is 6.08 Å². The molecule has 0 heterocycles. The second-order valence-corrected chi connectivity index (χ2v) is 4.32. The van der Waals surface area contributed by atoms with Gasteiger partial charge in [0.2, 0.25) is 6.20 Å². The maximum absolute atomic E-state index is 13.5. The second kappa shape index (κ2) is 5.62. The van der Waals surface area contributed by atoms with E-state index in [1.54, 1.807) is 0 Å². The van der Waals surface area contributed by atoms with Gasteiger partial charge in [-0.1, -0.05) is 6.07 Å². The number of ether oxygens (including phenoxy) is 1. The topological polar surface area (TPSA) is 52.4 Å². The van der Waals surface area contributed by atoms with Crippen molar-refractivity contribution in [2.24, 2.45) is 0 Å². The first kappa shape index (κ1) is 12.5. The molecule has 5 heteroatoms. The van der Waals surface area contributed by atoms with Gasteiger partial charge < -0.3 is 4.74 Å². The number of halogens is 1. The molecule has 18 heavy (non-hydrogen) atoms. The molecule has 1 fully saturated rings. The van der Waals surface area contributed by atoms with Gasteiger partial charge >= 0.3 is 0 Å². The molecule has 0 spiro atoms. The highest BCUT2D eigenvalue weighted by Gasteiger charge is 2.18. The van der Waals surface area contributed by atoms with E-state index in [2.05, 4.69) is 0 Å². The van der Waals surface area contributed by atoms with Crippen LogP contribution in [-0.4, -0.2) is 11.0 Å².